The first-order valence-corrected chi connectivity index (χ1v) is 6.60. The summed E-state index contributed by atoms with van der Waals surface area (Å²) in [5.41, 5.74) is 0.748. The summed E-state index contributed by atoms with van der Waals surface area (Å²) in [7, 11) is 0. The van der Waals surface area contributed by atoms with Crippen LogP contribution < -0.4 is 0 Å². The zero-order valence-electron chi connectivity index (χ0n) is 11.2. The Bertz CT molecular complexity index is 474. The van der Waals surface area contributed by atoms with Gasteiger partial charge in [-0.15, -0.1) is 0 Å². The third-order valence-electron chi connectivity index (χ3n) is 3.17. The molecule has 1 aliphatic carbocycles. The van der Waals surface area contributed by atoms with Crippen LogP contribution in [0.3, 0.4) is 0 Å². The summed E-state index contributed by atoms with van der Waals surface area (Å²) < 4.78 is 42.1. The monoisotopic (exact) mass is 303 g/mol. The normalized spacial score (nSPS) is 16.4. The van der Waals surface area contributed by atoms with Crippen LogP contribution >= 0.6 is 0 Å². The second-order valence-electron chi connectivity index (χ2n) is 4.98. The van der Waals surface area contributed by atoms with Crippen molar-refractivity contribution < 1.29 is 27.8 Å². The van der Waals surface area contributed by atoms with Gasteiger partial charge in [-0.25, -0.2) is 4.79 Å². The van der Waals surface area contributed by atoms with Gasteiger partial charge in [-0.05, 0) is 18.4 Å². The van der Waals surface area contributed by atoms with E-state index in [1.807, 2.05) is 6.07 Å². The number of halogens is 3. The fourth-order valence-electron chi connectivity index (χ4n) is 1.85. The summed E-state index contributed by atoms with van der Waals surface area (Å²) in [6.07, 6.45) is -6.87. The van der Waals surface area contributed by atoms with Gasteiger partial charge in [-0.2, -0.15) is 13.2 Å². The standard InChI is InChI=1S/C14H16F3NO3/c15-14(16,17)12(19)8-18(11-6-7-11)13(20)21-9-10-4-2-1-3-5-10/h1-5,11-12,19H,6-9H2. The van der Waals surface area contributed by atoms with Crippen molar-refractivity contribution in [3.8, 4) is 0 Å². The molecule has 0 heterocycles. The van der Waals surface area contributed by atoms with Gasteiger partial charge in [0.1, 0.15) is 6.61 Å². The lowest BCUT2D eigenvalue weighted by Gasteiger charge is -2.25. The average Bonchev–Trinajstić information content (AvgIpc) is 3.26. The molecule has 0 saturated heterocycles. The second-order valence-corrected chi connectivity index (χ2v) is 4.98. The first-order valence-electron chi connectivity index (χ1n) is 6.60. The molecule has 1 fully saturated rings. The quantitative estimate of drug-likeness (QED) is 0.910. The number of nitrogens with zero attached hydrogens (tertiary/aromatic N) is 1. The maximum absolute atomic E-state index is 12.4. The lowest BCUT2D eigenvalue weighted by Crippen LogP contribution is -2.45. The number of hydrogen-bond acceptors (Lipinski definition) is 3. The van der Waals surface area contributed by atoms with E-state index in [1.54, 1.807) is 24.3 Å². The maximum Gasteiger partial charge on any atom is 0.416 e. The first kappa shape index (κ1) is 15.6. The Morgan fingerprint density at radius 2 is 1.95 bits per heavy atom. The molecule has 2 rings (SSSR count). The molecule has 1 N–H and O–H groups in total. The number of carbonyl (C=O) groups excluding carboxylic acids is 1. The molecule has 0 bridgehead atoms. The van der Waals surface area contributed by atoms with E-state index in [0.29, 0.717) is 12.8 Å². The molecule has 1 aromatic rings. The predicted molar refractivity (Wildman–Crippen MR) is 68.4 cm³/mol. The van der Waals surface area contributed by atoms with Gasteiger partial charge in [0.25, 0.3) is 0 Å². The van der Waals surface area contributed by atoms with Crippen LogP contribution in [-0.4, -0.2) is 41.0 Å². The molecule has 0 aromatic heterocycles. The van der Waals surface area contributed by atoms with E-state index in [9.17, 15) is 18.0 Å². The Kier molecular flexibility index (Phi) is 4.72. The fourth-order valence-corrected chi connectivity index (χ4v) is 1.85. The maximum atomic E-state index is 12.4. The molecule has 1 saturated carbocycles. The predicted octanol–water partition coefficient (Wildman–Crippen LogP) is 2.71. The van der Waals surface area contributed by atoms with Gasteiger partial charge in [0.15, 0.2) is 6.10 Å². The zero-order valence-corrected chi connectivity index (χ0v) is 11.2. The molecule has 1 unspecified atom stereocenters. The minimum Gasteiger partial charge on any atom is -0.445 e. The van der Waals surface area contributed by atoms with Crippen molar-refractivity contribution in [2.45, 2.75) is 37.8 Å². The molecular formula is C14H16F3NO3. The number of amides is 1. The highest BCUT2D eigenvalue weighted by molar-refractivity contribution is 5.68. The van der Waals surface area contributed by atoms with Crippen molar-refractivity contribution in [3.63, 3.8) is 0 Å². The molecule has 0 radical (unpaired) electrons. The summed E-state index contributed by atoms with van der Waals surface area (Å²) in [5, 5.41) is 9.09. The number of ether oxygens (including phenoxy) is 1. The molecule has 1 aromatic carbocycles. The highest BCUT2D eigenvalue weighted by Crippen LogP contribution is 2.30. The van der Waals surface area contributed by atoms with Gasteiger partial charge >= 0.3 is 12.3 Å². The van der Waals surface area contributed by atoms with Gasteiger partial charge in [0.05, 0.1) is 6.54 Å². The summed E-state index contributed by atoms with van der Waals surface area (Å²) in [4.78, 5) is 12.8. The molecule has 0 aliphatic heterocycles. The van der Waals surface area contributed by atoms with E-state index in [0.717, 1.165) is 10.5 Å². The summed E-state index contributed by atoms with van der Waals surface area (Å²) in [6, 6.07) is 8.58. The van der Waals surface area contributed by atoms with Crippen molar-refractivity contribution >= 4 is 6.09 Å². The van der Waals surface area contributed by atoms with Crippen LogP contribution in [0.4, 0.5) is 18.0 Å². The molecule has 21 heavy (non-hydrogen) atoms. The summed E-state index contributed by atoms with van der Waals surface area (Å²) >= 11 is 0. The highest BCUT2D eigenvalue weighted by atomic mass is 19.4. The number of aliphatic hydroxyl groups excluding tert-OH is 1. The Balaban J connectivity index is 1.90. The topological polar surface area (TPSA) is 49.8 Å². The third-order valence-corrected chi connectivity index (χ3v) is 3.17. The van der Waals surface area contributed by atoms with Crippen LogP contribution in [0.2, 0.25) is 0 Å². The van der Waals surface area contributed by atoms with E-state index < -0.39 is 24.9 Å². The summed E-state index contributed by atoms with van der Waals surface area (Å²) in [6.45, 7) is -0.799. The zero-order chi connectivity index (χ0) is 15.5. The molecule has 0 spiro atoms. The molecule has 1 aliphatic rings. The minimum absolute atomic E-state index is 0.00892. The van der Waals surface area contributed by atoms with E-state index in [2.05, 4.69) is 0 Å². The SMILES string of the molecule is O=C(OCc1ccccc1)N(CC(O)C(F)(F)F)C1CC1. The minimum atomic E-state index is -4.74. The lowest BCUT2D eigenvalue weighted by molar-refractivity contribution is -0.207. The van der Waals surface area contributed by atoms with Crippen LogP contribution in [0.25, 0.3) is 0 Å². The second kappa shape index (κ2) is 6.34. The van der Waals surface area contributed by atoms with E-state index in [1.165, 1.54) is 0 Å². The van der Waals surface area contributed by atoms with Crippen LogP contribution in [0.1, 0.15) is 18.4 Å². The first-order chi connectivity index (χ1) is 9.88. The number of hydrogen-bond donors (Lipinski definition) is 1. The Morgan fingerprint density at radius 1 is 1.33 bits per heavy atom. The van der Waals surface area contributed by atoms with Crippen molar-refractivity contribution in [2.24, 2.45) is 0 Å². The Morgan fingerprint density at radius 3 is 2.48 bits per heavy atom. The van der Waals surface area contributed by atoms with E-state index >= 15 is 0 Å². The molecule has 4 nitrogen and oxygen atoms in total. The number of benzene rings is 1. The molecule has 116 valence electrons. The number of rotatable bonds is 5. The number of aliphatic hydroxyl groups is 1. The number of carbonyl (C=O) groups is 1. The van der Waals surface area contributed by atoms with Crippen molar-refractivity contribution in [1.29, 1.82) is 0 Å². The third kappa shape index (κ3) is 4.63. The smallest absolute Gasteiger partial charge is 0.416 e. The molecule has 7 heteroatoms. The number of alkyl halides is 3. The van der Waals surface area contributed by atoms with Gasteiger partial charge < -0.3 is 14.7 Å². The molecule has 1 atom stereocenters. The largest absolute Gasteiger partial charge is 0.445 e. The van der Waals surface area contributed by atoms with Gasteiger partial charge in [-0.3, -0.25) is 0 Å². The van der Waals surface area contributed by atoms with Crippen molar-refractivity contribution in [2.75, 3.05) is 6.54 Å². The van der Waals surface area contributed by atoms with Crippen molar-refractivity contribution in [1.82, 2.24) is 4.90 Å². The fraction of sp³-hybridized carbons (Fsp3) is 0.500. The lowest BCUT2D eigenvalue weighted by atomic mass is 10.2. The van der Waals surface area contributed by atoms with E-state index in [-0.39, 0.29) is 12.6 Å². The van der Waals surface area contributed by atoms with Crippen LogP contribution in [0.5, 0.6) is 0 Å². The van der Waals surface area contributed by atoms with Gasteiger partial charge in [0, 0.05) is 6.04 Å². The van der Waals surface area contributed by atoms with Crippen LogP contribution in [-0.2, 0) is 11.3 Å². The summed E-state index contributed by atoms with van der Waals surface area (Å²) in [5.74, 6) is 0. The Hall–Kier alpha value is -1.76. The van der Waals surface area contributed by atoms with Crippen LogP contribution in [0, 0.1) is 0 Å². The van der Waals surface area contributed by atoms with Gasteiger partial charge in [0.2, 0.25) is 0 Å². The molecular weight excluding hydrogens is 287 g/mol. The Labute approximate surface area is 120 Å². The van der Waals surface area contributed by atoms with Crippen LogP contribution in [0.15, 0.2) is 30.3 Å². The van der Waals surface area contributed by atoms with E-state index in [4.69, 9.17) is 9.84 Å². The average molecular weight is 303 g/mol. The van der Waals surface area contributed by atoms with Crippen molar-refractivity contribution in [3.05, 3.63) is 35.9 Å². The molecule has 1 amide bonds. The van der Waals surface area contributed by atoms with Gasteiger partial charge in [-0.1, -0.05) is 30.3 Å². The highest BCUT2D eigenvalue weighted by Gasteiger charge is 2.43.